The molecule has 3 amide bonds. The highest BCUT2D eigenvalue weighted by molar-refractivity contribution is 7.18. The van der Waals surface area contributed by atoms with E-state index in [-0.39, 0.29) is 6.42 Å². The maximum Gasteiger partial charge on any atom is 0.321 e. The molecule has 0 bridgehead atoms. The lowest BCUT2D eigenvalue weighted by Gasteiger charge is -2.12. The summed E-state index contributed by atoms with van der Waals surface area (Å²) in [6.45, 7) is 3.57. The molecule has 0 saturated heterocycles. The van der Waals surface area contributed by atoms with Crippen molar-refractivity contribution < 1.29 is 19.1 Å². The highest BCUT2D eigenvalue weighted by Gasteiger charge is 2.19. The Labute approximate surface area is 149 Å². The summed E-state index contributed by atoms with van der Waals surface area (Å²) in [6, 6.07) is 7.27. The molecule has 7 nitrogen and oxygen atoms in total. The van der Waals surface area contributed by atoms with Gasteiger partial charge in [0.25, 0.3) is 5.91 Å². The Kier molecular flexibility index (Phi) is 6.88. The summed E-state index contributed by atoms with van der Waals surface area (Å²) in [5.41, 5.74) is 0.959. The predicted octanol–water partition coefficient (Wildman–Crippen LogP) is 2.40. The summed E-state index contributed by atoms with van der Waals surface area (Å²) < 4.78 is 6.16. The van der Waals surface area contributed by atoms with Gasteiger partial charge in [-0.25, -0.2) is 9.78 Å². The lowest BCUT2D eigenvalue weighted by molar-refractivity contribution is -0.154. The number of benzene rings is 1. The van der Waals surface area contributed by atoms with Crippen LogP contribution in [-0.2, 0) is 20.7 Å². The van der Waals surface area contributed by atoms with E-state index in [1.165, 1.54) is 6.92 Å². The van der Waals surface area contributed by atoms with Crippen LogP contribution in [0.25, 0.3) is 10.2 Å². The number of carbonyl (C=O) groups excluding carboxylic acids is 3. The number of rotatable bonds is 7. The van der Waals surface area contributed by atoms with Crippen LogP contribution in [0.5, 0.6) is 0 Å². The third kappa shape index (κ3) is 5.82. The minimum absolute atomic E-state index is 0.189. The number of fused-ring (bicyclic) bond motifs is 1. The normalized spacial score (nSPS) is 11.8. The smallest absolute Gasteiger partial charge is 0.321 e. The van der Waals surface area contributed by atoms with Crippen LogP contribution in [-0.4, -0.2) is 35.5 Å². The molecule has 0 saturated carbocycles. The van der Waals surface area contributed by atoms with Crippen molar-refractivity contribution in [2.24, 2.45) is 0 Å². The molecule has 0 radical (unpaired) electrons. The molecule has 0 unspecified atom stereocenters. The Hall–Kier alpha value is -2.48. The summed E-state index contributed by atoms with van der Waals surface area (Å²) in [7, 11) is 0. The largest absolute Gasteiger partial charge is 0.453 e. The molecule has 1 atom stereocenters. The molecular formula is C17H21N3O4S. The standard InChI is InChI=1S/C17H21N3O4S/c1-3-18-17(23)20-16(22)11(2)24-15(21)10-6-9-14-19-12-7-4-5-8-13(12)25-14/h4-5,7-8,11H,3,6,9-10H2,1-2H3,(H2,18,20,22,23)/t11-/m1/s1. The average Bonchev–Trinajstić information content (AvgIpc) is 2.97. The van der Waals surface area contributed by atoms with Crippen molar-refractivity contribution in [2.45, 2.75) is 39.2 Å². The van der Waals surface area contributed by atoms with Gasteiger partial charge in [-0.3, -0.25) is 14.9 Å². The van der Waals surface area contributed by atoms with Crippen LogP contribution in [0.2, 0.25) is 0 Å². The SMILES string of the molecule is CCNC(=O)NC(=O)[C@@H](C)OC(=O)CCCc1nc2ccccc2s1. The highest BCUT2D eigenvalue weighted by atomic mass is 32.1. The zero-order valence-corrected chi connectivity index (χ0v) is 15.0. The molecule has 0 aliphatic rings. The Morgan fingerprint density at radius 1 is 1.28 bits per heavy atom. The van der Waals surface area contributed by atoms with Gasteiger partial charge in [-0.2, -0.15) is 0 Å². The third-order valence-electron chi connectivity index (χ3n) is 3.36. The van der Waals surface area contributed by atoms with E-state index in [2.05, 4.69) is 15.6 Å². The summed E-state index contributed by atoms with van der Waals surface area (Å²) in [5.74, 6) is -1.12. The lowest BCUT2D eigenvalue weighted by atomic mass is 10.2. The van der Waals surface area contributed by atoms with Crippen LogP contribution in [0.1, 0.15) is 31.7 Å². The summed E-state index contributed by atoms with van der Waals surface area (Å²) in [6.07, 6.45) is 0.434. The molecule has 2 rings (SSSR count). The Bertz CT molecular complexity index is 726. The fraction of sp³-hybridized carbons (Fsp3) is 0.412. The number of para-hydroxylation sites is 1. The number of nitrogens with zero attached hydrogens (tertiary/aromatic N) is 1. The van der Waals surface area contributed by atoms with Gasteiger partial charge in [0.2, 0.25) is 0 Å². The minimum Gasteiger partial charge on any atom is -0.453 e. The first-order valence-corrected chi connectivity index (χ1v) is 8.94. The quantitative estimate of drug-likeness (QED) is 0.736. The van der Waals surface area contributed by atoms with E-state index in [0.29, 0.717) is 19.4 Å². The van der Waals surface area contributed by atoms with Crippen molar-refractivity contribution in [3.8, 4) is 0 Å². The van der Waals surface area contributed by atoms with E-state index in [0.717, 1.165) is 15.2 Å². The van der Waals surface area contributed by atoms with Gasteiger partial charge in [-0.1, -0.05) is 12.1 Å². The second-order valence-electron chi connectivity index (χ2n) is 5.41. The van der Waals surface area contributed by atoms with Crippen LogP contribution in [0, 0.1) is 0 Å². The van der Waals surface area contributed by atoms with E-state index >= 15 is 0 Å². The number of hydrogen-bond donors (Lipinski definition) is 2. The fourth-order valence-corrected chi connectivity index (χ4v) is 3.15. The monoisotopic (exact) mass is 363 g/mol. The maximum absolute atomic E-state index is 11.8. The molecule has 0 aliphatic heterocycles. The first-order chi connectivity index (χ1) is 12.0. The molecule has 2 N–H and O–H groups in total. The average molecular weight is 363 g/mol. The molecule has 8 heteroatoms. The van der Waals surface area contributed by atoms with Gasteiger partial charge < -0.3 is 10.1 Å². The van der Waals surface area contributed by atoms with Gasteiger partial charge in [-0.05, 0) is 38.8 Å². The molecule has 1 heterocycles. The van der Waals surface area contributed by atoms with Gasteiger partial charge in [-0.15, -0.1) is 11.3 Å². The van der Waals surface area contributed by atoms with Gasteiger partial charge in [0.05, 0.1) is 15.2 Å². The molecule has 0 spiro atoms. The van der Waals surface area contributed by atoms with Crippen molar-refractivity contribution in [1.82, 2.24) is 15.6 Å². The first-order valence-electron chi connectivity index (χ1n) is 8.12. The molecule has 0 aliphatic carbocycles. The molecule has 1 aromatic carbocycles. The van der Waals surface area contributed by atoms with E-state index in [9.17, 15) is 14.4 Å². The van der Waals surface area contributed by atoms with Gasteiger partial charge >= 0.3 is 12.0 Å². The number of nitrogens with one attached hydrogen (secondary N) is 2. The van der Waals surface area contributed by atoms with Crippen molar-refractivity contribution in [1.29, 1.82) is 0 Å². The lowest BCUT2D eigenvalue weighted by Crippen LogP contribution is -2.44. The Morgan fingerprint density at radius 2 is 2.04 bits per heavy atom. The molecular weight excluding hydrogens is 342 g/mol. The van der Waals surface area contributed by atoms with Crippen molar-refractivity contribution >= 4 is 39.5 Å². The zero-order valence-electron chi connectivity index (χ0n) is 14.2. The highest BCUT2D eigenvalue weighted by Crippen LogP contribution is 2.22. The number of thiazole rings is 1. The van der Waals surface area contributed by atoms with Gasteiger partial charge in [0, 0.05) is 13.0 Å². The number of hydrogen-bond acceptors (Lipinski definition) is 6. The minimum atomic E-state index is -1.02. The number of amides is 3. The van der Waals surface area contributed by atoms with Crippen LogP contribution in [0.15, 0.2) is 24.3 Å². The van der Waals surface area contributed by atoms with Crippen LogP contribution >= 0.6 is 11.3 Å². The fourth-order valence-electron chi connectivity index (χ4n) is 2.14. The van der Waals surface area contributed by atoms with Crippen molar-refractivity contribution in [2.75, 3.05) is 6.54 Å². The van der Waals surface area contributed by atoms with Gasteiger partial charge in [0.1, 0.15) is 0 Å². The predicted molar refractivity (Wildman–Crippen MR) is 95.3 cm³/mol. The van der Waals surface area contributed by atoms with Crippen molar-refractivity contribution in [3.63, 3.8) is 0 Å². The number of esters is 1. The molecule has 2 aromatic rings. The van der Waals surface area contributed by atoms with E-state index in [4.69, 9.17) is 4.74 Å². The number of aromatic nitrogens is 1. The van der Waals surface area contributed by atoms with E-state index in [1.54, 1.807) is 18.3 Å². The van der Waals surface area contributed by atoms with E-state index < -0.39 is 24.0 Å². The molecule has 0 fully saturated rings. The number of ether oxygens (including phenoxy) is 1. The molecule has 25 heavy (non-hydrogen) atoms. The number of carbonyl (C=O) groups is 3. The Balaban J connectivity index is 1.72. The number of urea groups is 1. The van der Waals surface area contributed by atoms with E-state index in [1.807, 2.05) is 24.3 Å². The summed E-state index contributed by atoms with van der Waals surface area (Å²) in [4.78, 5) is 39.3. The molecule has 134 valence electrons. The second kappa shape index (κ2) is 9.12. The summed E-state index contributed by atoms with van der Waals surface area (Å²) >= 11 is 1.61. The third-order valence-corrected chi connectivity index (χ3v) is 4.46. The maximum atomic E-state index is 11.8. The zero-order chi connectivity index (χ0) is 18.2. The number of aryl methyl sites for hydroxylation is 1. The van der Waals surface area contributed by atoms with Gasteiger partial charge in [0.15, 0.2) is 6.10 Å². The van der Waals surface area contributed by atoms with Crippen molar-refractivity contribution in [3.05, 3.63) is 29.3 Å². The van der Waals surface area contributed by atoms with Crippen LogP contribution in [0.3, 0.4) is 0 Å². The number of imide groups is 1. The van der Waals surface area contributed by atoms with Crippen LogP contribution < -0.4 is 10.6 Å². The Morgan fingerprint density at radius 3 is 2.76 bits per heavy atom. The summed E-state index contributed by atoms with van der Waals surface area (Å²) in [5, 5.41) is 5.51. The second-order valence-corrected chi connectivity index (χ2v) is 6.52. The topological polar surface area (TPSA) is 97.4 Å². The van der Waals surface area contributed by atoms with Crippen LogP contribution in [0.4, 0.5) is 4.79 Å². The first kappa shape index (κ1) is 18.9. The molecule has 1 aromatic heterocycles.